The third-order valence-corrected chi connectivity index (χ3v) is 9.10. The Labute approximate surface area is 286 Å². The van der Waals surface area contributed by atoms with Crippen LogP contribution in [0.1, 0.15) is 68.5 Å². The standard InChI is InChI=1S/C30H49N6O12P/c1-16(2)26(39)33-29-32-25-22(27(40)34-29)31-15-35(25)28-24(23(19(7)46-28)48-49(41-10)36(17(3)4)18(5)6)47-30(44-13-11-42-20(8)37)45-14-12-43-21(9)38/h15-19,23-24,28,30H,11-14H2,1-10H3,(H2,32,33,34,39,40)/t19-,23?,24?,28-,49?/m1/s1. The number of carbonyl (C=O) groups excluding carboxylic acids is 3. The van der Waals surface area contributed by atoms with Crippen LogP contribution >= 0.6 is 8.53 Å². The molecule has 0 saturated carbocycles. The van der Waals surface area contributed by atoms with Crippen molar-refractivity contribution < 1.29 is 51.9 Å². The molecule has 2 aromatic heterocycles. The van der Waals surface area contributed by atoms with Gasteiger partial charge in [-0.1, -0.05) is 13.8 Å². The molecule has 5 atom stereocenters. The van der Waals surface area contributed by atoms with E-state index in [1.54, 1.807) is 27.9 Å². The van der Waals surface area contributed by atoms with Crippen molar-refractivity contribution in [2.45, 2.75) is 105 Å². The maximum Gasteiger partial charge on any atom is 0.302 e. The highest BCUT2D eigenvalue weighted by Gasteiger charge is 2.49. The number of rotatable bonds is 19. The van der Waals surface area contributed by atoms with Crippen LogP contribution in [0.2, 0.25) is 0 Å². The molecule has 0 aliphatic carbocycles. The van der Waals surface area contributed by atoms with Crippen molar-refractivity contribution in [1.82, 2.24) is 24.2 Å². The van der Waals surface area contributed by atoms with E-state index >= 15 is 0 Å². The average molecular weight is 717 g/mol. The number of anilines is 1. The molecule has 1 saturated heterocycles. The monoisotopic (exact) mass is 716 g/mol. The topological polar surface area (TPSA) is 204 Å². The van der Waals surface area contributed by atoms with Gasteiger partial charge < -0.3 is 37.5 Å². The van der Waals surface area contributed by atoms with Gasteiger partial charge >= 0.3 is 11.9 Å². The zero-order chi connectivity index (χ0) is 36.4. The summed E-state index contributed by atoms with van der Waals surface area (Å²) in [5.74, 6) is -1.76. The molecule has 3 heterocycles. The third kappa shape index (κ3) is 11.2. The van der Waals surface area contributed by atoms with Gasteiger partial charge in [-0.2, -0.15) is 4.98 Å². The Morgan fingerprint density at radius 2 is 1.59 bits per heavy atom. The molecule has 19 heteroatoms. The van der Waals surface area contributed by atoms with Crippen molar-refractivity contribution in [3.05, 3.63) is 16.7 Å². The Morgan fingerprint density at radius 3 is 2.10 bits per heavy atom. The number of nitrogens with one attached hydrogen (secondary N) is 2. The van der Waals surface area contributed by atoms with Crippen molar-refractivity contribution in [2.75, 3.05) is 38.9 Å². The lowest BCUT2D eigenvalue weighted by atomic mass is 10.1. The van der Waals surface area contributed by atoms with E-state index in [1.165, 1.54) is 24.7 Å². The summed E-state index contributed by atoms with van der Waals surface area (Å²) >= 11 is 0. The molecule has 276 valence electrons. The smallest absolute Gasteiger partial charge is 0.302 e. The fourth-order valence-electron chi connectivity index (χ4n) is 4.93. The van der Waals surface area contributed by atoms with Crippen molar-refractivity contribution in [2.24, 2.45) is 5.92 Å². The van der Waals surface area contributed by atoms with Gasteiger partial charge in [0, 0.05) is 39.0 Å². The van der Waals surface area contributed by atoms with Crippen LogP contribution in [-0.2, 0) is 51.9 Å². The average Bonchev–Trinajstić information content (AvgIpc) is 3.56. The number of ether oxygens (including phenoxy) is 6. The Kier molecular flexibility index (Phi) is 15.5. The van der Waals surface area contributed by atoms with Crippen LogP contribution in [0.15, 0.2) is 11.1 Å². The minimum absolute atomic E-state index is 0.00124. The molecular formula is C30H49N6O12P. The molecule has 1 fully saturated rings. The first kappa shape index (κ1) is 40.3. The van der Waals surface area contributed by atoms with Gasteiger partial charge in [-0.25, -0.2) is 9.65 Å². The van der Waals surface area contributed by atoms with Gasteiger partial charge in [0.25, 0.3) is 20.6 Å². The van der Waals surface area contributed by atoms with E-state index in [4.69, 9.17) is 37.5 Å². The summed E-state index contributed by atoms with van der Waals surface area (Å²) in [6, 6.07) is 0.127. The number of amides is 1. The minimum atomic E-state index is -1.64. The number of aromatic amines is 1. The lowest BCUT2D eigenvalue weighted by Gasteiger charge is -2.37. The van der Waals surface area contributed by atoms with Crippen LogP contribution in [-0.4, -0.2) is 112 Å². The number of H-pyrrole nitrogens is 1. The van der Waals surface area contributed by atoms with E-state index in [0.29, 0.717) is 0 Å². The number of hydrogen-bond donors (Lipinski definition) is 2. The highest BCUT2D eigenvalue weighted by Crippen LogP contribution is 2.50. The lowest BCUT2D eigenvalue weighted by Crippen LogP contribution is -2.42. The van der Waals surface area contributed by atoms with Gasteiger partial charge in [0.1, 0.15) is 25.4 Å². The van der Waals surface area contributed by atoms with Crippen LogP contribution in [0.4, 0.5) is 5.95 Å². The molecule has 3 rings (SSSR count). The normalized spacial score (nSPS) is 20.2. The van der Waals surface area contributed by atoms with Crippen molar-refractivity contribution >= 4 is 43.5 Å². The zero-order valence-corrected chi connectivity index (χ0v) is 30.6. The number of esters is 2. The first-order valence-corrected chi connectivity index (χ1v) is 17.1. The molecule has 0 bridgehead atoms. The molecule has 0 aromatic carbocycles. The number of fused-ring (bicyclic) bond motifs is 1. The van der Waals surface area contributed by atoms with Gasteiger partial charge in [0.15, 0.2) is 17.4 Å². The fourth-order valence-corrected chi connectivity index (χ4v) is 6.57. The lowest BCUT2D eigenvalue weighted by molar-refractivity contribution is -0.320. The molecule has 2 aromatic rings. The second kappa shape index (κ2) is 18.8. The predicted molar refractivity (Wildman–Crippen MR) is 176 cm³/mol. The summed E-state index contributed by atoms with van der Waals surface area (Å²) in [5, 5.41) is 2.61. The molecule has 1 aliphatic heterocycles. The molecule has 49 heavy (non-hydrogen) atoms. The highest BCUT2D eigenvalue weighted by atomic mass is 31.2. The van der Waals surface area contributed by atoms with Gasteiger partial charge in [-0.3, -0.25) is 34.0 Å². The minimum Gasteiger partial charge on any atom is -0.463 e. The number of hydrogen-bond acceptors (Lipinski definition) is 15. The van der Waals surface area contributed by atoms with E-state index in [-0.39, 0.29) is 67.4 Å². The van der Waals surface area contributed by atoms with Crippen LogP contribution in [0.5, 0.6) is 0 Å². The molecule has 0 radical (unpaired) electrons. The van der Waals surface area contributed by atoms with Crippen LogP contribution < -0.4 is 10.9 Å². The largest absolute Gasteiger partial charge is 0.463 e. The first-order valence-electron chi connectivity index (χ1n) is 16.0. The number of aromatic nitrogens is 4. The van der Waals surface area contributed by atoms with Gasteiger partial charge in [0.2, 0.25) is 11.9 Å². The Morgan fingerprint density at radius 1 is 1.00 bits per heavy atom. The highest BCUT2D eigenvalue weighted by molar-refractivity contribution is 7.44. The van der Waals surface area contributed by atoms with Crippen molar-refractivity contribution in [1.29, 1.82) is 0 Å². The summed E-state index contributed by atoms with van der Waals surface area (Å²) in [7, 11) is -0.0775. The third-order valence-electron chi connectivity index (χ3n) is 7.06. The first-order chi connectivity index (χ1) is 23.1. The Balaban J connectivity index is 2.05. The van der Waals surface area contributed by atoms with Crippen LogP contribution in [0, 0.1) is 5.92 Å². The number of nitrogens with zero attached hydrogens (tertiary/aromatic N) is 4. The van der Waals surface area contributed by atoms with Gasteiger partial charge in [0.05, 0.1) is 25.6 Å². The molecular weight excluding hydrogens is 667 g/mol. The quantitative estimate of drug-likeness (QED) is 0.0929. The maximum absolute atomic E-state index is 13.0. The number of carbonyl (C=O) groups is 3. The number of imidazole rings is 1. The van der Waals surface area contributed by atoms with E-state index in [2.05, 4.69) is 24.9 Å². The summed E-state index contributed by atoms with van der Waals surface area (Å²) in [4.78, 5) is 59.3. The Hall–Kier alpha value is -3.09. The summed E-state index contributed by atoms with van der Waals surface area (Å²) in [5.41, 5.74) is -0.469. The molecule has 3 unspecified atom stereocenters. The Bertz CT molecular complexity index is 1420. The zero-order valence-electron chi connectivity index (χ0n) is 29.7. The van der Waals surface area contributed by atoms with Crippen LogP contribution in [0.3, 0.4) is 0 Å². The van der Waals surface area contributed by atoms with Crippen molar-refractivity contribution in [3.63, 3.8) is 0 Å². The van der Waals surface area contributed by atoms with E-state index in [0.717, 1.165) is 0 Å². The molecule has 18 nitrogen and oxygen atoms in total. The van der Waals surface area contributed by atoms with E-state index in [1.807, 2.05) is 27.7 Å². The fraction of sp³-hybridized carbons (Fsp3) is 0.733. The molecule has 1 amide bonds. The molecule has 0 spiro atoms. The summed E-state index contributed by atoms with van der Waals surface area (Å²) in [6.45, 7) is 14.1. The molecule has 2 N–H and O–H groups in total. The van der Waals surface area contributed by atoms with Crippen LogP contribution in [0.25, 0.3) is 11.2 Å². The summed E-state index contributed by atoms with van der Waals surface area (Å²) < 4.78 is 50.5. The second-order valence-corrected chi connectivity index (χ2v) is 13.5. The summed E-state index contributed by atoms with van der Waals surface area (Å²) in [6.07, 6.45) is -2.05. The second-order valence-electron chi connectivity index (χ2n) is 12.0. The molecule has 1 aliphatic rings. The maximum atomic E-state index is 13.0. The van der Waals surface area contributed by atoms with E-state index in [9.17, 15) is 19.2 Å². The predicted octanol–water partition coefficient (Wildman–Crippen LogP) is 2.84. The van der Waals surface area contributed by atoms with Gasteiger partial charge in [-0.05, 0) is 34.6 Å². The van der Waals surface area contributed by atoms with Crippen molar-refractivity contribution in [3.8, 4) is 0 Å². The SMILES string of the molecule is COP(OC1C(OC(OCCOC(C)=O)OCCOC(C)=O)[C@H](n2cnc3c(=O)[nH]c(NC(=O)C(C)C)nc32)O[C@@H]1C)N(C(C)C)C(C)C. The van der Waals surface area contributed by atoms with E-state index < -0.39 is 57.0 Å². The van der Waals surface area contributed by atoms with Gasteiger partial charge in [-0.15, -0.1) is 0 Å².